The Balaban J connectivity index is 0.000000110. The first-order chi connectivity index (χ1) is 70.9. The van der Waals surface area contributed by atoms with Crippen molar-refractivity contribution < 1.29 is 33.6 Å². The minimum atomic E-state index is -0.143. The molecule has 6 fully saturated rings. The molecule has 0 saturated carbocycles. The molecule has 145 heavy (non-hydrogen) atoms. The molecule has 0 aliphatic carbocycles. The van der Waals surface area contributed by atoms with E-state index in [0.717, 1.165) is 256 Å². The number of hydrogen-bond donors (Lipinski definition) is 0. The van der Waals surface area contributed by atoms with Crippen LogP contribution in [0.2, 0.25) is 20.1 Å². The van der Waals surface area contributed by atoms with Gasteiger partial charge in [-0.2, -0.15) is 5.10 Å². The molecular formula is C113H109Cl4N21O7. The first-order valence-electron chi connectivity index (χ1n) is 49.7. The Morgan fingerprint density at radius 1 is 0.276 bits per heavy atom. The molecule has 6 amide bonds. The Morgan fingerprint density at radius 3 is 1.06 bits per heavy atom. The number of nitrogens with zero attached hydrogens (tertiary/aromatic N) is 21. The van der Waals surface area contributed by atoms with Crippen molar-refractivity contribution >= 4 is 154 Å². The quantitative estimate of drug-likeness (QED) is 0.0969. The number of carbonyl (C=O) groups is 7. The number of halogens is 4. The van der Waals surface area contributed by atoms with Crippen LogP contribution in [0.5, 0.6) is 0 Å². The standard InChI is InChI=1S/C21H20ClN3O2.C20H19ClN2O.2C19H18ClN3O.2C17H17N5O/c1-14(26)20-23-18-12-15(21(27)24-10-3-2-4-11-24)8-9-19(18)25(20)17-7-5-6-16(22)13-17;21-17-5-4-6-18(14-17)23-12-9-15-13-16(7-8-19(15)23)20(24)22-10-2-1-3-11-22;20-16-5-4-6-17(12-16)23-18-8-7-14(11-15(18)13-21-23)19(24)22-9-2-1-3-10-22;20-16-5-4-6-17(12-16)23-10-7-14-11-15(13-21-18(14)23)19(24)22-8-2-1-3-9-22;23-17(21-7-2-1-3-8-21)14-10-13-4-9-22(16(13)20-11-14)15-12-18-5-6-19-15;23-17(21-5-2-1-3-6-21)14-8-13-4-7-22(16(13)20-9-14)15-10-18-12-19-11-15/h5-9,12-13H,2-4,10-11H2,1H3;4-9,12-14H,1-3,10-11H2;4-8,11-13H,1-3,9-10H2;4-7,10-13H,1-3,8-9H2;4-6,9-12H,1-3,7-8H2;4,7-12H,1-3,5-6H2. The summed E-state index contributed by atoms with van der Waals surface area (Å²) in [5.74, 6) is 1.42. The van der Waals surface area contributed by atoms with Gasteiger partial charge in [-0.05, 0) is 285 Å². The second-order valence-corrected chi connectivity index (χ2v) is 38.7. The van der Waals surface area contributed by atoms with E-state index < -0.39 is 0 Å². The highest BCUT2D eigenvalue weighted by Crippen LogP contribution is 2.33. The normalized spacial score (nSPS) is 14.9. The van der Waals surface area contributed by atoms with Gasteiger partial charge in [0, 0.05) is 222 Å². The van der Waals surface area contributed by atoms with E-state index in [-0.39, 0.29) is 41.2 Å². The van der Waals surface area contributed by atoms with E-state index >= 15 is 0 Å². The number of hydrogen-bond acceptors (Lipinski definition) is 16. The molecule has 6 aliphatic rings. The summed E-state index contributed by atoms with van der Waals surface area (Å²) in [6.07, 6.45) is 44.8. The molecule has 18 aromatic rings. The summed E-state index contributed by atoms with van der Waals surface area (Å²) in [7, 11) is 0. The molecular weight excluding hydrogens is 1910 g/mol. The molecule has 24 rings (SSSR count). The molecule has 7 aromatic carbocycles. The fraction of sp³-hybridized carbons (Fsp3) is 0.274. The van der Waals surface area contributed by atoms with Crippen molar-refractivity contribution in [3.05, 3.63) is 340 Å². The van der Waals surface area contributed by atoms with Crippen molar-refractivity contribution in [2.75, 3.05) is 78.5 Å². The lowest BCUT2D eigenvalue weighted by atomic mass is 10.1. The highest BCUT2D eigenvalue weighted by atomic mass is 35.5. The van der Waals surface area contributed by atoms with Crippen molar-refractivity contribution in [1.82, 2.24) is 102 Å². The van der Waals surface area contributed by atoms with E-state index in [1.807, 2.05) is 248 Å². The summed E-state index contributed by atoms with van der Waals surface area (Å²) in [5, 5.41) is 12.0. The van der Waals surface area contributed by atoms with E-state index in [9.17, 15) is 33.6 Å². The summed E-state index contributed by atoms with van der Waals surface area (Å²) in [5.41, 5.74) is 14.4. The number of aromatic nitrogens is 15. The van der Waals surface area contributed by atoms with Gasteiger partial charge in [0.2, 0.25) is 0 Å². The summed E-state index contributed by atoms with van der Waals surface area (Å²) in [4.78, 5) is 134. The van der Waals surface area contributed by atoms with Gasteiger partial charge in [0.25, 0.3) is 35.4 Å². The maximum absolute atomic E-state index is 12.8. The molecule has 28 nitrogen and oxygen atoms in total. The van der Waals surface area contributed by atoms with Crippen molar-refractivity contribution in [2.45, 2.75) is 122 Å². The van der Waals surface area contributed by atoms with Gasteiger partial charge in [-0.3, -0.25) is 52.2 Å². The van der Waals surface area contributed by atoms with Crippen LogP contribution in [0.1, 0.15) is 195 Å². The third kappa shape index (κ3) is 23.1. The third-order valence-corrected chi connectivity index (χ3v) is 28.0. The number of amides is 6. The molecule has 17 heterocycles. The zero-order valence-electron chi connectivity index (χ0n) is 80.5. The number of carbonyl (C=O) groups excluding carboxylic acids is 7. The van der Waals surface area contributed by atoms with E-state index in [1.165, 1.54) is 51.8 Å². The molecule has 0 atom stereocenters. The fourth-order valence-corrected chi connectivity index (χ4v) is 20.3. The highest BCUT2D eigenvalue weighted by Gasteiger charge is 2.28. The third-order valence-electron chi connectivity index (χ3n) is 27.1. The zero-order valence-corrected chi connectivity index (χ0v) is 83.6. The lowest BCUT2D eigenvalue weighted by Crippen LogP contribution is -2.35. The lowest BCUT2D eigenvalue weighted by Gasteiger charge is -2.26. The molecule has 0 N–H and O–H groups in total. The van der Waals surface area contributed by atoms with Gasteiger partial charge in [0.15, 0.2) is 17.4 Å². The van der Waals surface area contributed by atoms with Crippen LogP contribution >= 0.6 is 46.4 Å². The van der Waals surface area contributed by atoms with Crippen LogP contribution in [0.3, 0.4) is 0 Å². The van der Waals surface area contributed by atoms with Gasteiger partial charge in [0.05, 0.1) is 74.9 Å². The monoisotopic (exact) mass is 2010 g/mol. The summed E-state index contributed by atoms with van der Waals surface area (Å²) >= 11 is 24.4. The molecule has 11 aromatic heterocycles. The minimum Gasteiger partial charge on any atom is -0.339 e. The van der Waals surface area contributed by atoms with Crippen LogP contribution in [-0.2, 0) is 0 Å². The van der Waals surface area contributed by atoms with Crippen molar-refractivity contribution in [2.24, 2.45) is 0 Å². The molecule has 0 spiro atoms. The molecule has 0 bridgehead atoms. The minimum absolute atomic E-state index is 0.0262. The van der Waals surface area contributed by atoms with Crippen LogP contribution in [0.4, 0.5) is 0 Å². The fourth-order valence-electron chi connectivity index (χ4n) is 19.6. The average Bonchev–Trinajstić information content (AvgIpc) is 1.61. The number of likely N-dealkylation sites (tertiary alicyclic amines) is 6. The Morgan fingerprint density at radius 2 is 0.628 bits per heavy atom. The Labute approximate surface area is 858 Å². The van der Waals surface area contributed by atoms with E-state index in [0.29, 0.717) is 59.5 Å². The number of fused-ring (bicyclic) bond motifs is 6. The molecule has 6 saturated heterocycles. The number of pyridine rings is 3. The van der Waals surface area contributed by atoms with Gasteiger partial charge in [0.1, 0.15) is 23.3 Å². The van der Waals surface area contributed by atoms with Crippen LogP contribution in [0.15, 0.2) is 281 Å². The largest absolute Gasteiger partial charge is 0.339 e. The van der Waals surface area contributed by atoms with Gasteiger partial charge < -0.3 is 38.5 Å². The highest BCUT2D eigenvalue weighted by molar-refractivity contribution is 6.32. The number of rotatable bonds is 13. The predicted molar refractivity (Wildman–Crippen MR) is 568 cm³/mol. The molecule has 736 valence electrons. The molecule has 32 heteroatoms. The van der Waals surface area contributed by atoms with E-state index in [1.54, 1.807) is 78.5 Å². The predicted octanol–water partition coefficient (Wildman–Crippen LogP) is 22.9. The summed E-state index contributed by atoms with van der Waals surface area (Å²) in [6, 6.07) is 61.2. The van der Waals surface area contributed by atoms with Gasteiger partial charge in [-0.1, -0.05) is 70.7 Å². The Bertz CT molecular complexity index is 7230. The second kappa shape index (κ2) is 46.1. The molecule has 0 unspecified atom stereocenters. The van der Waals surface area contributed by atoms with Gasteiger partial charge >= 0.3 is 0 Å². The Kier molecular flexibility index (Phi) is 31.4. The number of imidazole rings is 1. The SMILES string of the molecule is CC(=O)c1nc2cc(C(=O)N3CCCCC3)ccc2n1-c1cccc(Cl)c1.O=C(c1ccc2c(ccn2-c2cccc(Cl)c2)c1)N1CCCCC1.O=C(c1ccc2c(cnn2-c2cccc(Cl)c2)c1)N1CCCCC1.O=C(c1cnc2c(ccn2-c2cccc(Cl)c2)c1)N1CCCCC1.O=C(c1cnc2c(ccn2-c2cnccn2)c1)N1CCCCC1.O=C(c1cnc2c(ccn2-c2cncnc2)c1)N1CCCCC1. The molecule has 0 radical (unpaired) electrons. The first-order valence-corrected chi connectivity index (χ1v) is 51.2. The van der Waals surface area contributed by atoms with Crippen molar-refractivity contribution in [1.29, 1.82) is 0 Å². The second-order valence-electron chi connectivity index (χ2n) is 37.0. The number of Topliss-reactive ketones (excluding diaryl/α,β-unsaturated/α-hetero) is 1. The van der Waals surface area contributed by atoms with Crippen LogP contribution in [0, 0.1) is 0 Å². The van der Waals surface area contributed by atoms with Crippen LogP contribution in [-0.4, -0.2) is 222 Å². The van der Waals surface area contributed by atoms with Gasteiger partial charge in [-0.15, -0.1) is 0 Å². The number of benzene rings is 7. The topological polar surface area (TPSA) is 285 Å². The van der Waals surface area contributed by atoms with Crippen LogP contribution < -0.4 is 0 Å². The zero-order chi connectivity index (χ0) is 99.8. The maximum atomic E-state index is 12.8. The van der Waals surface area contributed by atoms with E-state index in [4.69, 9.17) is 46.4 Å². The number of ketones is 1. The van der Waals surface area contributed by atoms with Crippen molar-refractivity contribution in [3.8, 4) is 34.3 Å². The van der Waals surface area contributed by atoms with Crippen LogP contribution in [0.25, 0.3) is 100 Å². The first kappa shape index (κ1) is 98.7. The maximum Gasteiger partial charge on any atom is 0.255 e. The molecule has 6 aliphatic heterocycles. The number of piperidine rings is 6. The van der Waals surface area contributed by atoms with Gasteiger partial charge in [-0.25, -0.2) is 39.6 Å². The smallest absolute Gasteiger partial charge is 0.255 e. The lowest BCUT2D eigenvalue weighted by molar-refractivity contribution is 0.0716. The van der Waals surface area contributed by atoms with E-state index in [2.05, 4.69) is 49.5 Å². The Hall–Kier alpha value is -15.1. The average molecular weight is 2020 g/mol. The summed E-state index contributed by atoms with van der Waals surface area (Å²) in [6.45, 7) is 11.6. The summed E-state index contributed by atoms with van der Waals surface area (Å²) < 4.78 is 11.5. The van der Waals surface area contributed by atoms with Crippen molar-refractivity contribution in [3.63, 3.8) is 0 Å².